The maximum atomic E-state index is 12.3. The van der Waals surface area contributed by atoms with E-state index in [-0.39, 0.29) is 11.9 Å². The fourth-order valence-electron chi connectivity index (χ4n) is 2.56. The van der Waals surface area contributed by atoms with E-state index in [0.717, 1.165) is 28.9 Å². The first-order valence-corrected chi connectivity index (χ1v) is 9.35. The molecule has 2 aromatic carbocycles. The summed E-state index contributed by atoms with van der Waals surface area (Å²) in [6, 6.07) is 14.6. The molecule has 1 aromatic heterocycles. The summed E-state index contributed by atoms with van der Waals surface area (Å²) >= 11 is 0. The highest BCUT2D eigenvalue weighted by Crippen LogP contribution is 2.24. The molecule has 1 heterocycles. The molecule has 1 amide bonds. The van der Waals surface area contributed by atoms with Crippen LogP contribution in [0.5, 0.6) is 11.5 Å². The van der Waals surface area contributed by atoms with Gasteiger partial charge in [0.1, 0.15) is 17.1 Å². The fourth-order valence-corrected chi connectivity index (χ4v) is 2.56. The van der Waals surface area contributed by atoms with Crippen LogP contribution in [-0.2, 0) is 0 Å². The summed E-state index contributed by atoms with van der Waals surface area (Å²) in [6.07, 6.45) is 2.69. The second kappa shape index (κ2) is 9.08. The first kappa shape index (κ1) is 19.5. The molecular formula is C22H24N2O4. The third-order valence-corrected chi connectivity index (χ3v) is 4.19. The number of furan rings is 1. The van der Waals surface area contributed by atoms with E-state index >= 15 is 0 Å². The molecule has 0 fully saturated rings. The van der Waals surface area contributed by atoms with Crippen LogP contribution in [0.15, 0.2) is 58.0 Å². The van der Waals surface area contributed by atoms with Gasteiger partial charge in [0.05, 0.1) is 18.9 Å². The van der Waals surface area contributed by atoms with E-state index in [1.54, 1.807) is 18.3 Å². The van der Waals surface area contributed by atoms with Crippen molar-refractivity contribution in [2.45, 2.75) is 33.3 Å². The molecule has 3 rings (SSSR count). The molecule has 0 aliphatic rings. The maximum Gasteiger partial charge on any atom is 0.307 e. The number of hydrogen-bond donors (Lipinski definition) is 1. The van der Waals surface area contributed by atoms with Crippen molar-refractivity contribution in [1.82, 2.24) is 5.43 Å². The number of hydrazone groups is 1. The fraction of sp³-hybridized carbons (Fsp3) is 0.273. The van der Waals surface area contributed by atoms with Gasteiger partial charge >= 0.3 is 5.91 Å². The van der Waals surface area contributed by atoms with Crippen LogP contribution in [0.25, 0.3) is 11.0 Å². The van der Waals surface area contributed by atoms with Crippen molar-refractivity contribution in [3.05, 3.63) is 59.9 Å². The Hall–Kier alpha value is -3.28. The minimum absolute atomic E-state index is 0.173. The van der Waals surface area contributed by atoms with Crippen molar-refractivity contribution in [3.8, 4) is 11.5 Å². The third kappa shape index (κ3) is 4.91. The molecule has 3 aromatic rings. The van der Waals surface area contributed by atoms with Gasteiger partial charge < -0.3 is 13.9 Å². The van der Waals surface area contributed by atoms with Crippen molar-refractivity contribution in [2.75, 3.05) is 6.61 Å². The predicted octanol–water partition coefficient (Wildman–Crippen LogP) is 4.77. The van der Waals surface area contributed by atoms with Crippen LogP contribution < -0.4 is 14.9 Å². The van der Waals surface area contributed by atoms with E-state index in [1.807, 2.05) is 50.2 Å². The number of amides is 1. The molecule has 6 heteroatoms. The molecule has 0 spiro atoms. The average Bonchev–Trinajstić information content (AvgIpc) is 3.13. The molecule has 0 saturated heterocycles. The van der Waals surface area contributed by atoms with E-state index < -0.39 is 5.91 Å². The van der Waals surface area contributed by atoms with Crippen LogP contribution in [0.3, 0.4) is 0 Å². The van der Waals surface area contributed by atoms with Crippen molar-refractivity contribution in [3.63, 3.8) is 0 Å². The topological polar surface area (TPSA) is 73.1 Å². The number of fused-ring (bicyclic) bond motifs is 1. The zero-order valence-electron chi connectivity index (χ0n) is 16.3. The van der Waals surface area contributed by atoms with Crippen molar-refractivity contribution >= 4 is 23.1 Å². The van der Waals surface area contributed by atoms with Gasteiger partial charge in [0.15, 0.2) is 5.76 Å². The standard InChI is InChI=1S/C22H24N2O4/c1-4-15(3)27-18-8-6-16(7-9-18)14-23-24-22(25)21-13-17-12-19(26-5-2)10-11-20(17)28-21/h6-15H,4-5H2,1-3H3,(H,24,25)/b23-14+/t15-/m0/s1. The lowest BCUT2D eigenvalue weighted by atomic mass is 10.2. The number of nitrogens with one attached hydrogen (secondary N) is 1. The second-order valence-electron chi connectivity index (χ2n) is 6.35. The molecule has 146 valence electrons. The summed E-state index contributed by atoms with van der Waals surface area (Å²) in [6.45, 7) is 6.60. The number of carbonyl (C=O) groups is 1. The molecule has 0 bridgehead atoms. The maximum absolute atomic E-state index is 12.3. The Bertz CT molecular complexity index is 960. The zero-order valence-corrected chi connectivity index (χ0v) is 16.3. The summed E-state index contributed by atoms with van der Waals surface area (Å²) < 4.78 is 16.8. The Morgan fingerprint density at radius 2 is 1.89 bits per heavy atom. The molecule has 28 heavy (non-hydrogen) atoms. The molecule has 6 nitrogen and oxygen atoms in total. The second-order valence-corrected chi connectivity index (χ2v) is 6.35. The predicted molar refractivity (Wildman–Crippen MR) is 109 cm³/mol. The quantitative estimate of drug-likeness (QED) is 0.451. The van der Waals surface area contributed by atoms with Gasteiger partial charge in [-0.25, -0.2) is 5.43 Å². The van der Waals surface area contributed by atoms with Crippen molar-refractivity contribution < 1.29 is 18.7 Å². The zero-order chi connectivity index (χ0) is 19.9. The Balaban J connectivity index is 1.61. The van der Waals surface area contributed by atoms with Crippen LogP contribution in [0, 0.1) is 0 Å². The van der Waals surface area contributed by atoms with E-state index in [4.69, 9.17) is 13.9 Å². The van der Waals surface area contributed by atoms with Crippen LogP contribution in [-0.4, -0.2) is 24.8 Å². The van der Waals surface area contributed by atoms with E-state index in [0.29, 0.717) is 12.2 Å². The number of hydrogen-bond acceptors (Lipinski definition) is 5. The van der Waals surface area contributed by atoms with Gasteiger partial charge in [-0.15, -0.1) is 0 Å². The normalized spacial score (nSPS) is 12.2. The van der Waals surface area contributed by atoms with Crippen LogP contribution >= 0.6 is 0 Å². The minimum atomic E-state index is -0.415. The Kier molecular flexibility index (Phi) is 6.32. The third-order valence-electron chi connectivity index (χ3n) is 4.19. The van der Waals surface area contributed by atoms with Crippen LogP contribution in [0.1, 0.15) is 43.3 Å². The first-order valence-electron chi connectivity index (χ1n) is 9.35. The summed E-state index contributed by atoms with van der Waals surface area (Å²) in [5.41, 5.74) is 3.95. The smallest absolute Gasteiger partial charge is 0.307 e. The van der Waals surface area contributed by atoms with Crippen LogP contribution in [0.4, 0.5) is 0 Å². The van der Waals surface area contributed by atoms with E-state index in [1.165, 1.54) is 0 Å². The number of benzene rings is 2. The summed E-state index contributed by atoms with van der Waals surface area (Å²) in [4.78, 5) is 12.3. The largest absolute Gasteiger partial charge is 0.494 e. The van der Waals surface area contributed by atoms with Gasteiger partial charge in [-0.2, -0.15) is 5.10 Å². The number of nitrogens with zero attached hydrogens (tertiary/aromatic N) is 1. The number of ether oxygens (including phenoxy) is 2. The van der Waals surface area contributed by atoms with E-state index in [2.05, 4.69) is 17.5 Å². The number of rotatable bonds is 8. The Morgan fingerprint density at radius 3 is 2.61 bits per heavy atom. The monoisotopic (exact) mass is 380 g/mol. The summed E-state index contributed by atoms with van der Waals surface area (Å²) in [7, 11) is 0. The lowest BCUT2D eigenvalue weighted by molar-refractivity contribution is 0.0929. The van der Waals surface area contributed by atoms with Gasteiger partial charge in [-0.1, -0.05) is 6.92 Å². The number of carbonyl (C=O) groups excluding carboxylic acids is 1. The van der Waals surface area contributed by atoms with Gasteiger partial charge in [0, 0.05) is 5.39 Å². The molecule has 1 N–H and O–H groups in total. The van der Waals surface area contributed by atoms with Gasteiger partial charge in [-0.05, 0) is 74.4 Å². The van der Waals surface area contributed by atoms with Crippen LogP contribution in [0.2, 0.25) is 0 Å². The lowest BCUT2D eigenvalue weighted by Crippen LogP contribution is -2.16. The van der Waals surface area contributed by atoms with Gasteiger partial charge in [-0.3, -0.25) is 4.79 Å². The summed E-state index contributed by atoms with van der Waals surface area (Å²) in [5.74, 6) is 1.33. The first-order chi connectivity index (χ1) is 13.6. The van der Waals surface area contributed by atoms with Crippen molar-refractivity contribution in [2.24, 2.45) is 5.10 Å². The molecule has 0 unspecified atom stereocenters. The highest BCUT2D eigenvalue weighted by molar-refractivity contribution is 5.96. The van der Waals surface area contributed by atoms with E-state index in [9.17, 15) is 4.79 Å². The molecule has 0 radical (unpaired) electrons. The molecule has 0 aliphatic heterocycles. The SMILES string of the molecule is CCOc1ccc2oc(C(=O)N/N=C/c3ccc(O[C@@H](C)CC)cc3)cc2c1. The molecular weight excluding hydrogens is 356 g/mol. The molecule has 0 saturated carbocycles. The molecule has 1 atom stereocenters. The Morgan fingerprint density at radius 1 is 1.14 bits per heavy atom. The van der Waals surface area contributed by atoms with Gasteiger partial charge in [0.2, 0.25) is 0 Å². The van der Waals surface area contributed by atoms with Gasteiger partial charge in [0.25, 0.3) is 0 Å². The molecule has 0 aliphatic carbocycles. The Labute approximate surface area is 164 Å². The minimum Gasteiger partial charge on any atom is -0.494 e. The van der Waals surface area contributed by atoms with Crippen molar-refractivity contribution in [1.29, 1.82) is 0 Å². The lowest BCUT2D eigenvalue weighted by Gasteiger charge is -2.12. The highest BCUT2D eigenvalue weighted by atomic mass is 16.5. The summed E-state index contributed by atoms with van der Waals surface area (Å²) in [5, 5.41) is 4.79. The highest BCUT2D eigenvalue weighted by Gasteiger charge is 2.12. The average molecular weight is 380 g/mol.